The molecule has 0 saturated heterocycles. The molecule has 0 unspecified atom stereocenters. The fraction of sp³-hybridized carbons (Fsp3) is 0.636. The number of aromatic carboxylic acids is 1. The highest BCUT2D eigenvalue weighted by atomic mass is 32.2. The third-order valence-electron chi connectivity index (χ3n) is 2.15. The van der Waals surface area contributed by atoms with Gasteiger partial charge in [-0.15, -0.1) is 0 Å². The average molecular weight is 242 g/mol. The number of hydrogen-bond acceptors (Lipinski definition) is 3. The minimum Gasteiger partial charge on any atom is -0.477 e. The zero-order chi connectivity index (χ0) is 12.3. The van der Waals surface area contributed by atoms with Crippen molar-refractivity contribution in [3.63, 3.8) is 0 Å². The number of thioether (sulfide) groups is 1. The maximum atomic E-state index is 11.0. The molecule has 0 amide bonds. The van der Waals surface area contributed by atoms with Crippen molar-refractivity contribution in [3.05, 3.63) is 17.7 Å². The van der Waals surface area contributed by atoms with E-state index >= 15 is 0 Å². The van der Waals surface area contributed by atoms with Gasteiger partial charge in [0, 0.05) is 6.04 Å². The minimum atomic E-state index is -0.915. The lowest BCUT2D eigenvalue weighted by Crippen LogP contribution is -2.13. The quantitative estimate of drug-likeness (QED) is 0.862. The molecule has 16 heavy (non-hydrogen) atoms. The van der Waals surface area contributed by atoms with Crippen LogP contribution in [-0.4, -0.2) is 25.9 Å². The molecular weight excluding hydrogens is 224 g/mol. The van der Waals surface area contributed by atoms with Crippen molar-refractivity contribution in [3.8, 4) is 0 Å². The van der Waals surface area contributed by atoms with Gasteiger partial charge in [-0.1, -0.05) is 13.8 Å². The lowest BCUT2D eigenvalue weighted by molar-refractivity contribution is 0.0683. The molecule has 0 atom stereocenters. The van der Waals surface area contributed by atoms with Crippen LogP contribution in [-0.2, 0) is 5.75 Å². The zero-order valence-corrected chi connectivity index (χ0v) is 10.9. The summed E-state index contributed by atoms with van der Waals surface area (Å²) >= 11 is 1.76. The van der Waals surface area contributed by atoms with E-state index < -0.39 is 5.97 Å². The van der Waals surface area contributed by atoms with Crippen LogP contribution in [0.1, 0.15) is 50.0 Å². The number of rotatable bonds is 5. The smallest absolute Gasteiger partial charge is 0.354 e. The van der Waals surface area contributed by atoms with Crippen molar-refractivity contribution in [1.82, 2.24) is 9.55 Å². The summed E-state index contributed by atoms with van der Waals surface area (Å²) in [5.41, 5.74) is 0.273. The Labute approximate surface area is 100 Å². The van der Waals surface area contributed by atoms with Crippen molar-refractivity contribution in [2.45, 2.75) is 44.7 Å². The molecule has 1 aromatic rings. The second kappa shape index (κ2) is 5.39. The molecule has 90 valence electrons. The lowest BCUT2D eigenvalue weighted by Gasteiger charge is -2.14. The van der Waals surface area contributed by atoms with Gasteiger partial charge < -0.3 is 9.67 Å². The Morgan fingerprint density at radius 2 is 2.12 bits per heavy atom. The van der Waals surface area contributed by atoms with Crippen molar-refractivity contribution in [2.75, 3.05) is 0 Å². The molecule has 4 nitrogen and oxygen atoms in total. The van der Waals surface area contributed by atoms with Crippen LogP contribution >= 0.6 is 11.8 Å². The van der Waals surface area contributed by atoms with Gasteiger partial charge in [-0.05, 0) is 19.1 Å². The number of aromatic nitrogens is 2. The molecule has 0 aliphatic carbocycles. The summed E-state index contributed by atoms with van der Waals surface area (Å²) in [6, 6.07) is 0.122. The van der Waals surface area contributed by atoms with Crippen LogP contribution in [0.15, 0.2) is 6.20 Å². The SMILES string of the molecule is CC(C)SCc1ncc(C(=O)O)n1C(C)C. The van der Waals surface area contributed by atoms with Gasteiger partial charge in [0.2, 0.25) is 0 Å². The Hall–Kier alpha value is -0.970. The lowest BCUT2D eigenvalue weighted by atomic mass is 10.3. The van der Waals surface area contributed by atoms with E-state index in [1.807, 2.05) is 13.8 Å². The fourth-order valence-corrected chi connectivity index (χ4v) is 2.18. The van der Waals surface area contributed by atoms with Crippen LogP contribution in [0.4, 0.5) is 0 Å². The van der Waals surface area contributed by atoms with Crippen molar-refractivity contribution in [2.24, 2.45) is 0 Å². The van der Waals surface area contributed by atoms with E-state index in [2.05, 4.69) is 18.8 Å². The summed E-state index contributed by atoms with van der Waals surface area (Å²) in [6.07, 6.45) is 1.44. The summed E-state index contributed by atoms with van der Waals surface area (Å²) in [5, 5.41) is 9.56. The predicted molar refractivity (Wildman–Crippen MR) is 66.0 cm³/mol. The van der Waals surface area contributed by atoms with E-state index in [0.29, 0.717) is 5.25 Å². The number of carbonyl (C=O) groups is 1. The molecular formula is C11H18N2O2S. The van der Waals surface area contributed by atoms with Crippen LogP contribution in [0, 0.1) is 0 Å². The second-order valence-electron chi connectivity index (χ2n) is 4.19. The fourth-order valence-electron chi connectivity index (χ4n) is 1.48. The second-order valence-corrected chi connectivity index (χ2v) is 5.75. The highest BCUT2D eigenvalue weighted by Crippen LogP contribution is 2.20. The molecule has 1 N–H and O–H groups in total. The van der Waals surface area contributed by atoms with Gasteiger partial charge >= 0.3 is 5.97 Å². The van der Waals surface area contributed by atoms with Gasteiger partial charge in [0.25, 0.3) is 0 Å². The Morgan fingerprint density at radius 3 is 2.56 bits per heavy atom. The standard InChI is InChI=1S/C11H18N2O2S/c1-7(2)13-9(11(14)15)5-12-10(13)6-16-8(3)4/h5,7-8H,6H2,1-4H3,(H,14,15). The van der Waals surface area contributed by atoms with Gasteiger partial charge in [0.15, 0.2) is 0 Å². The minimum absolute atomic E-state index is 0.122. The summed E-state index contributed by atoms with van der Waals surface area (Å²) in [4.78, 5) is 15.2. The molecule has 1 heterocycles. The molecule has 0 saturated carbocycles. The van der Waals surface area contributed by atoms with Crippen LogP contribution in [0.3, 0.4) is 0 Å². The first-order valence-corrected chi connectivity index (χ1v) is 6.39. The molecule has 0 radical (unpaired) electrons. The molecule has 1 rings (SSSR count). The molecule has 5 heteroatoms. The van der Waals surface area contributed by atoms with E-state index in [4.69, 9.17) is 5.11 Å². The highest BCUT2D eigenvalue weighted by Gasteiger charge is 2.17. The summed E-state index contributed by atoms with van der Waals surface area (Å²) in [7, 11) is 0. The number of imidazole rings is 1. The molecule has 1 aromatic heterocycles. The molecule has 0 aliphatic rings. The van der Waals surface area contributed by atoms with Gasteiger partial charge in [0.1, 0.15) is 11.5 Å². The first-order chi connectivity index (χ1) is 7.43. The van der Waals surface area contributed by atoms with Crippen LogP contribution in [0.25, 0.3) is 0 Å². The van der Waals surface area contributed by atoms with Gasteiger partial charge in [-0.25, -0.2) is 9.78 Å². The van der Waals surface area contributed by atoms with Gasteiger partial charge in [-0.2, -0.15) is 11.8 Å². The van der Waals surface area contributed by atoms with Crippen molar-refractivity contribution < 1.29 is 9.90 Å². The van der Waals surface area contributed by atoms with Crippen LogP contribution in [0.5, 0.6) is 0 Å². The van der Waals surface area contributed by atoms with E-state index in [0.717, 1.165) is 11.6 Å². The molecule has 0 spiro atoms. The van der Waals surface area contributed by atoms with Crippen molar-refractivity contribution in [1.29, 1.82) is 0 Å². The van der Waals surface area contributed by atoms with E-state index in [9.17, 15) is 4.79 Å². The zero-order valence-electron chi connectivity index (χ0n) is 10.1. The summed E-state index contributed by atoms with van der Waals surface area (Å²) in [6.45, 7) is 8.17. The summed E-state index contributed by atoms with van der Waals surface area (Å²) < 4.78 is 1.79. The largest absolute Gasteiger partial charge is 0.477 e. The first kappa shape index (κ1) is 13.1. The monoisotopic (exact) mass is 242 g/mol. The molecule has 0 aliphatic heterocycles. The van der Waals surface area contributed by atoms with Gasteiger partial charge in [-0.3, -0.25) is 0 Å². The van der Waals surface area contributed by atoms with Crippen LogP contribution in [0.2, 0.25) is 0 Å². The Balaban J connectivity index is 2.96. The average Bonchev–Trinajstić information content (AvgIpc) is 2.57. The normalized spacial score (nSPS) is 11.4. The number of carboxylic acids is 1. The molecule has 0 fully saturated rings. The Kier molecular flexibility index (Phi) is 4.41. The Bertz CT molecular complexity index is 372. The Morgan fingerprint density at radius 1 is 1.50 bits per heavy atom. The maximum Gasteiger partial charge on any atom is 0.354 e. The third-order valence-corrected chi connectivity index (χ3v) is 3.25. The topological polar surface area (TPSA) is 55.1 Å². The van der Waals surface area contributed by atoms with E-state index in [1.165, 1.54) is 6.20 Å². The predicted octanol–water partition coefficient (Wildman–Crippen LogP) is 2.80. The first-order valence-electron chi connectivity index (χ1n) is 5.34. The van der Waals surface area contributed by atoms with E-state index in [-0.39, 0.29) is 11.7 Å². The maximum absolute atomic E-state index is 11.0. The van der Waals surface area contributed by atoms with Gasteiger partial charge in [0.05, 0.1) is 11.9 Å². The number of nitrogens with zero attached hydrogens (tertiary/aromatic N) is 2. The van der Waals surface area contributed by atoms with Crippen molar-refractivity contribution >= 4 is 17.7 Å². The van der Waals surface area contributed by atoms with E-state index in [1.54, 1.807) is 16.3 Å². The molecule has 0 aromatic carbocycles. The third kappa shape index (κ3) is 3.01. The number of hydrogen-bond donors (Lipinski definition) is 1. The highest BCUT2D eigenvalue weighted by molar-refractivity contribution is 7.99. The number of carboxylic acid groups (broad SMARTS) is 1. The summed E-state index contributed by atoms with van der Waals surface area (Å²) in [5.74, 6) is 0.677. The van der Waals surface area contributed by atoms with Crippen LogP contribution < -0.4 is 0 Å². The molecule has 0 bridgehead atoms.